The van der Waals surface area contributed by atoms with Gasteiger partial charge in [0.05, 0.1) is 6.33 Å². The van der Waals surface area contributed by atoms with Gasteiger partial charge in [0.25, 0.3) is 0 Å². The van der Waals surface area contributed by atoms with E-state index in [2.05, 4.69) is 10.3 Å². The summed E-state index contributed by atoms with van der Waals surface area (Å²) >= 11 is 0. The van der Waals surface area contributed by atoms with Crippen LogP contribution >= 0.6 is 0 Å². The van der Waals surface area contributed by atoms with Crippen molar-refractivity contribution >= 4 is 12.0 Å². The van der Waals surface area contributed by atoms with Gasteiger partial charge in [-0.1, -0.05) is 12.8 Å². The van der Waals surface area contributed by atoms with Crippen LogP contribution in [-0.4, -0.2) is 51.2 Å². The molecule has 1 aliphatic rings. The van der Waals surface area contributed by atoms with Gasteiger partial charge in [-0.2, -0.15) is 0 Å². The van der Waals surface area contributed by atoms with Crippen LogP contribution in [0.3, 0.4) is 0 Å². The van der Waals surface area contributed by atoms with Gasteiger partial charge in [0.1, 0.15) is 0 Å². The molecule has 0 atom stereocenters. The molecule has 7 nitrogen and oxygen atoms in total. The standard InChI is InChI=1S/C13H20N4O3/c1-16(10-4-2-3-5-10)13(20)14-6-7-17-8-11(12(18)19)15-9-17/h8-10H,2-7H2,1H3,(H,14,20)(H,18,19). The van der Waals surface area contributed by atoms with Crippen LogP contribution < -0.4 is 5.32 Å². The van der Waals surface area contributed by atoms with E-state index in [4.69, 9.17) is 5.11 Å². The van der Waals surface area contributed by atoms with Crippen LogP contribution in [0.4, 0.5) is 4.79 Å². The molecular weight excluding hydrogens is 260 g/mol. The van der Waals surface area contributed by atoms with Crippen LogP contribution in [0.15, 0.2) is 12.5 Å². The average Bonchev–Trinajstić information content (AvgIpc) is 3.08. The number of aromatic carboxylic acids is 1. The van der Waals surface area contributed by atoms with Gasteiger partial charge in [0.15, 0.2) is 5.69 Å². The van der Waals surface area contributed by atoms with Crippen molar-refractivity contribution in [2.24, 2.45) is 0 Å². The molecule has 1 fully saturated rings. The van der Waals surface area contributed by atoms with Gasteiger partial charge in [0.2, 0.25) is 0 Å². The summed E-state index contributed by atoms with van der Waals surface area (Å²) in [5.41, 5.74) is 0.0133. The van der Waals surface area contributed by atoms with E-state index in [9.17, 15) is 9.59 Å². The monoisotopic (exact) mass is 280 g/mol. The molecular formula is C13H20N4O3. The van der Waals surface area contributed by atoms with Crippen molar-refractivity contribution in [2.75, 3.05) is 13.6 Å². The van der Waals surface area contributed by atoms with E-state index in [0.717, 1.165) is 12.8 Å². The number of urea groups is 1. The molecule has 7 heteroatoms. The van der Waals surface area contributed by atoms with Crippen LogP contribution in [0, 0.1) is 0 Å². The third kappa shape index (κ3) is 3.49. The highest BCUT2D eigenvalue weighted by molar-refractivity contribution is 5.84. The molecule has 20 heavy (non-hydrogen) atoms. The van der Waals surface area contributed by atoms with E-state index in [1.807, 2.05) is 7.05 Å². The zero-order valence-corrected chi connectivity index (χ0v) is 11.6. The Morgan fingerprint density at radius 2 is 2.20 bits per heavy atom. The van der Waals surface area contributed by atoms with Gasteiger partial charge >= 0.3 is 12.0 Å². The summed E-state index contributed by atoms with van der Waals surface area (Å²) in [5, 5.41) is 11.6. The first-order chi connectivity index (χ1) is 9.58. The van der Waals surface area contributed by atoms with Crippen molar-refractivity contribution in [3.05, 3.63) is 18.2 Å². The minimum atomic E-state index is -1.05. The summed E-state index contributed by atoms with van der Waals surface area (Å²) in [6.07, 6.45) is 7.44. The zero-order chi connectivity index (χ0) is 14.5. The number of rotatable bonds is 5. The second-order valence-electron chi connectivity index (χ2n) is 5.08. The molecule has 1 heterocycles. The molecule has 0 radical (unpaired) electrons. The summed E-state index contributed by atoms with van der Waals surface area (Å²) in [5.74, 6) is -1.05. The van der Waals surface area contributed by atoms with Crippen LogP contribution in [0.5, 0.6) is 0 Å². The summed E-state index contributed by atoms with van der Waals surface area (Å²) in [7, 11) is 1.82. The first-order valence-corrected chi connectivity index (χ1v) is 6.83. The highest BCUT2D eigenvalue weighted by atomic mass is 16.4. The summed E-state index contributed by atoms with van der Waals surface area (Å²) in [6.45, 7) is 0.954. The maximum Gasteiger partial charge on any atom is 0.356 e. The van der Waals surface area contributed by atoms with E-state index in [1.165, 1.54) is 25.4 Å². The lowest BCUT2D eigenvalue weighted by molar-refractivity contribution is 0.0691. The number of carboxylic acids is 1. The molecule has 1 aliphatic carbocycles. The van der Waals surface area contributed by atoms with Gasteiger partial charge < -0.3 is 19.9 Å². The molecule has 0 spiro atoms. The molecule has 2 amide bonds. The Kier molecular flexibility index (Phi) is 4.60. The van der Waals surface area contributed by atoms with Crippen molar-refractivity contribution in [1.82, 2.24) is 19.8 Å². The minimum absolute atomic E-state index is 0.0133. The fraction of sp³-hybridized carbons (Fsp3) is 0.615. The number of hydrogen-bond acceptors (Lipinski definition) is 3. The van der Waals surface area contributed by atoms with Gasteiger partial charge in [-0.15, -0.1) is 0 Å². The quantitative estimate of drug-likeness (QED) is 0.847. The summed E-state index contributed by atoms with van der Waals surface area (Å²) in [4.78, 5) is 28.1. The lowest BCUT2D eigenvalue weighted by atomic mass is 10.2. The van der Waals surface area contributed by atoms with E-state index in [-0.39, 0.29) is 11.7 Å². The molecule has 110 valence electrons. The van der Waals surface area contributed by atoms with Gasteiger partial charge in [-0.3, -0.25) is 0 Å². The molecule has 0 unspecified atom stereocenters. The zero-order valence-electron chi connectivity index (χ0n) is 11.6. The Bertz CT molecular complexity index is 480. The third-order valence-corrected chi connectivity index (χ3v) is 3.69. The number of carboxylic acid groups (broad SMARTS) is 1. The molecule has 1 aromatic rings. The molecule has 0 aliphatic heterocycles. The van der Waals surface area contributed by atoms with Crippen LogP contribution in [0.25, 0.3) is 0 Å². The molecule has 0 aromatic carbocycles. The van der Waals surface area contributed by atoms with E-state index < -0.39 is 5.97 Å². The summed E-state index contributed by atoms with van der Waals surface area (Å²) in [6, 6.07) is 0.275. The fourth-order valence-electron chi connectivity index (χ4n) is 2.47. The van der Waals surface area contributed by atoms with Crippen LogP contribution in [0.2, 0.25) is 0 Å². The number of hydrogen-bond donors (Lipinski definition) is 2. The van der Waals surface area contributed by atoms with Crippen LogP contribution in [0.1, 0.15) is 36.2 Å². The maximum absolute atomic E-state index is 11.9. The second-order valence-corrected chi connectivity index (χ2v) is 5.08. The molecule has 0 saturated heterocycles. The normalized spacial score (nSPS) is 15.2. The maximum atomic E-state index is 11.9. The van der Waals surface area contributed by atoms with Gasteiger partial charge in [-0.25, -0.2) is 14.6 Å². The topological polar surface area (TPSA) is 87.5 Å². The number of aromatic nitrogens is 2. The Labute approximate surface area is 117 Å². The SMILES string of the molecule is CN(C(=O)NCCn1cnc(C(=O)O)c1)C1CCCC1. The highest BCUT2D eigenvalue weighted by Crippen LogP contribution is 2.22. The highest BCUT2D eigenvalue weighted by Gasteiger charge is 2.22. The lowest BCUT2D eigenvalue weighted by Gasteiger charge is -2.24. The summed E-state index contributed by atoms with van der Waals surface area (Å²) < 4.78 is 1.65. The Morgan fingerprint density at radius 3 is 2.80 bits per heavy atom. The van der Waals surface area contributed by atoms with E-state index in [0.29, 0.717) is 19.1 Å². The lowest BCUT2D eigenvalue weighted by Crippen LogP contribution is -2.43. The van der Waals surface area contributed by atoms with Crippen molar-refractivity contribution in [1.29, 1.82) is 0 Å². The first-order valence-electron chi connectivity index (χ1n) is 6.83. The molecule has 1 aromatic heterocycles. The Hall–Kier alpha value is -2.05. The van der Waals surface area contributed by atoms with Crippen molar-refractivity contribution in [2.45, 2.75) is 38.3 Å². The second kappa shape index (κ2) is 6.40. The molecule has 0 bridgehead atoms. The first kappa shape index (κ1) is 14.4. The number of imidazole rings is 1. The average molecular weight is 280 g/mol. The van der Waals surface area contributed by atoms with E-state index >= 15 is 0 Å². The number of nitrogens with zero attached hydrogens (tertiary/aromatic N) is 3. The molecule has 1 saturated carbocycles. The number of carbonyl (C=O) groups is 2. The Morgan fingerprint density at radius 1 is 1.50 bits per heavy atom. The minimum Gasteiger partial charge on any atom is -0.476 e. The predicted molar refractivity (Wildman–Crippen MR) is 72.6 cm³/mol. The molecule has 2 rings (SSSR count). The third-order valence-electron chi connectivity index (χ3n) is 3.69. The van der Waals surface area contributed by atoms with Crippen molar-refractivity contribution in [3.63, 3.8) is 0 Å². The number of nitrogens with one attached hydrogen (secondary N) is 1. The van der Waals surface area contributed by atoms with Crippen molar-refractivity contribution < 1.29 is 14.7 Å². The number of carbonyl (C=O) groups excluding carboxylic acids is 1. The van der Waals surface area contributed by atoms with Crippen LogP contribution in [-0.2, 0) is 6.54 Å². The van der Waals surface area contributed by atoms with Gasteiger partial charge in [-0.05, 0) is 12.8 Å². The number of amides is 2. The molecule has 2 N–H and O–H groups in total. The smallest absolute Gasteiger partial charge is 0.356 e. The van der Waals surface area contributed by atoms with Crippen molar-refractivity contribution in [3.8, 4) is 0 Å². The Balaban J connectivity index is 1.74. The van der Waals surface area contributed by atoms with E-state index in [1.54, 1.807) is 9.47 Å². The van der Waals surface area contributed by atoms with Gasteiger partial charge in [0, 0.05) is 32.4 Å². The fourth-order valence-corrected chi connectivity index (χ4v) is 2.47. The predicted octanol–water partition coefficient (Wildman–Crippen LogP) is 1.17. The largest absolute Gasteiger partial charge is 0.476 e.